The highest BCUT2D eigenvalue weighted by Gasteiger charge is 2.31. The zero-order valence-electron chi connectivity index (χ0n) is 17.7. The van der Waals surface area contributed by atoms with Crippen molar-refractivity contribution in [2.24, 2.45) is 17.4 Å². The summed E-state index contributed by atoms with van der Waals surface area (Å²) in [6.07, 6.45) is -0.621. The Labute approximate surface area is 179 Å². The number of primary amides is 1. The Hall–Kier alpha value is -3.22. The summed E-state index contributed by atoms with van der Waals surface area (Å²) in [7, 11) is 0. The van der Waals surface area contributed by atoms with Gasteiger partial charge in [-0.1, -0.05) is 20.3 Å². The van der Waals surface area contributed by atoms with Gasteiger partial charge in [0.2, 0.25) is 23.6 Å². The molecule has 0 radical (unpaired) electrons. The highest BCUT2D eigenvalue weighted by atomic mass is 16.4. The summed E-state index contributed by atoms with van der Waals surface area (Å²) in [5.41, 5.74) is 10.7. The van der Waals surface area contributed by atoms with E-state index in [2.05, 4.69) is 16.0 Å². The molecule has 0 spiro atoms. The number of nitrogens with two attached hydrogens (primary N) is 2. The second kappa shape index (κ2) is 13.2. The van der Waals surface area contributed by atoms with E-state index in [0.717, 1.165) is 0 Å². The van der Waals surface area contributed by atoms with Crippen molar-refractivity contribution in [3.8, 4) is 0 Å². The third kappa shape index (κ3) is 10.4. The summed E-state index contributed by atoms with van der Waals surface area (Å²) in [4.78, 5) is 70.1. The van der Waals surface area contributed by atoms with Gasteiger partial charge in [-0.25, -0.2) is 4.79 Å². The van der Waals surface area contributed by atoms with Crippen LogP contribution in [0.1, 0.15) is 46.5 Å². The third-order valence-corrected chi connectivity index (χ3v) is 4.57. The lowest BCUT2D eigenvalue weighted by atomic mass is 9.98. The first kappa shape index (κ1) is 27.8. The van der Waals surface area contributed by atoms with Crippen molar-refractivity contribution >= 4 is 35.6 Å². The lowest BCUT2D eigenvalue weighted by molar-refractivity contribution is -0.144. The van der Waals surface area contributed by atoms with Crippen LogP contribution >= 0.6 is 0 Å². The number of rotatable bonds is 14. The summed E-state index contributed by atoms with van der Waals surface area (Å²) in [5, 5.41) is 24.7. The van der Waals surface area contributed by atoms with Gasteiger partial charge in [-0.3, -0.25) is 24.0 Å². The molecule has 13 heteroatoms. The van der Waals surface area contributed by atoms with Crippen molar-refractivity contribution in [2.75, 3.05) is 0 Å². The van der Waals surface area contributed by atoms with Crippen molar-refractivity contribution in [1.82, 2.24) is 16.0 Å². The van der Waals surface area contributed by atoms with Gasteiger partial charge in [0.25, 0.3) is 0 Å². The summed E-state index contributed by atoms with van der Waals surface area (Å²) < 4.78 is 0. The van der Waals surface area contributed by atoms with Crippen molar-refractivity contribution in [2.45, 2.75) is 70.6 Å². The lowest BCUT2D eigenvalue weighted by Crippen LogP contribution is -2.57. The Bertz CT molecular complexity index is 698. The largest absolute Gasteiger partial charge is 0.481 e. The quantitative estimate of drug-likeness (QED) is 0.151. The van der Waals surface area contributed by atoms with Gasteiger partial charge in [-0.15, -0.1) is 0 Å². The van der Waals surface area contributed by atoms with E-state index in [1.807, 2.05) is 0 Å². The normalized spacial score (nSPS) is 15.5. The second-order valence-electron chi connectivity index (χ2n) is 7.21. The molecule has 4 amide bonds. The summed E-state index contributed by atoms with van der Waals surface area (Å²) in [6, 6.07) is -5.05. The van der Waals surface area contributed by atoms with Crippen LogP contribution in [0.25, 0.3) is 0 Å². The Balaban J connectivity index is 5.13. The molecule has 0 bridgehead atoms. The van der Waals surface area contributed by atoms with E-state index >= 15 is 0 Å². The van der Waals surface area contributed by atoms with Gasteiger partial charge in [0.1, 0.15) is 18.1 Å². The molecule has 31 heavy (non-hydrogen) atoms. The van der Waals surface area contributed by atoms with E-state index in [4.69, 9.17) is 16.6 Å². The minimum atomic E-state index is -1.46. The zero-order valence-corrected chi connectivity index (χ0v) is 17.7. The smallest absolute Gasteiger partial charge is 0.326 e. The van der Waals surface area contributed by atoms with Crippen LogP contribution in [0, 0.1) is 5.92 Å². The number of nitrogens with one attached hydrogen (secondary N) is 3. The first-order valence-electron chi connectivity index (χ1n) is 9.69. The first-order valence-corrected chi connectivity index (χ1v) is 9.69. The lowest BCUT2D eigenvalue weighted by Gasteiger charge is -2.25. The molecule has 0 aromatic rings. The Morgan fingerprint density at radius 3 is 1.94 bits per heavy atom. The Kier molecular flexibility index (Phi) is 11.8. The molecular formula is C18H31N5O8. The van der Waals surface area contributed by atoms with E-state index in [-0.39, 0.29) is 12.8 Å². The maximum atomic E-state index is 12.5. The van der Waals surface area contributed by atoms with Crippen LogP contribution in [0.4, 0.5) is 0 Å². The Morgan fingerprint density at radius 1 is 0.903 bits per heavy atom. The molecule has 0 rings (SSSR count). The molecular weight excluding hydrogens is 414 g/mol. The average molecular weight is 445 g/mol. The van der Waals surface area contributed by atoms with E-state index in [9.17, 15) is 33.9 Å². The summed E-state index contributed by atoms with van der Waals surface area (Å²) in [5.74, 6) is -6.29. The number of amides is 4. The topological polar surface area (TPSA) is 231 Å². The van der Waals surface area contributed by atoms with Gasteiger partial charge in [0, 0.05) is 6.42 Å². The van der Waals surface area contributed by atoms with Crippen molar-refractivity contribution in [3.63, 3.8) is 0 Å². The second-order valence-corrected chi connectivity index (χ2v) is 7.21. The first-order chi connectivity index (χ1) is 14.3. The summed E-state index contributed by atoms with van der Waals surface area (Å²) >= 11 is 0. The van der Waals surface area contributed by atoms with E-state index in [0.29, 0.717) is 6.42 Å². The molecule has 5 atom stereocenters. The number of carboxylic acid groups (broad SMARTS) is 2. The van der Waals surface area contributed by atoms with Gasteiger partial charge in [0.05, 0.1) is 12.5 Å². The average Bonchev–Trinajstić information content (AvgIpc) is 2.67. The van der Waals surface area contributed by atoms with Crippen molar-refractivity contribution in [3.05, 3.63) is 0 Å². The summed E-state index contributed by atoms with van der Waals surface area (Å²) in [6.45, 7) is 4.64. The standard InChI is InChI=1S/C18H31N5O8/c1-4-8(2)14(18(30)31)23-17(29)11(7-12(20)24)22-15(27)9(3)21-16(28)10(19)5-6-13(25)26/h8-11,14H,4-7,19H2,1-3H3,(H2,20,24)(H,21,28)(H,22,27)(H,23,29)(H,25,26)(H,30,31). The molecule has 0 saturated heterocycles. The fraction of sp³-hybridized carbons (Fsp3) is 0.667. The van der Waals surface area contributed by atoms with Crippen LogP contribution in [-0.4, -0.2) is 69.9 Å². The fourth-order valence-corrected chi connectivity index (χ4v) is 2.44. The molecule has 0 saturated carbocycles. The molecule has 0 heterocycles. The van der Waals surface area contributed by atoms with E-state index in [1.165, 1.54) is 6.92 Å². The van der Waals surface area contributed by atoms with Crippen LogP contribution in [0.5, 0.6) is 0 Å². The third-order valence-electron chi connectivity index (χ3n) is 4.57. The molecule has 0 aromatic heterocycles. The monoisotopic (exact) mass is 445 g/mol. The highest BCUT2D eigenvalue weighted by Crippen LogP contribution is 2.09. The Morgan fingerprint density at radius 2 is 1.48 bits per heavy atom. The molecule has 0 aliphatic rings. The number of aliphatic carboxylic acids is 2. The number of hydrogen-bond donors (Lipinski definition) is 7. The molecule has 5 unspecified atom stereocenters. The molecule has 13 nitrogen and oxygen atoms in total. The van der Waals surface area contributed by atoms with E-state index < -0.39 is 72.1 Å². The maximum Gasteiger partial charge on any atom is 0.326 e. The fourth-order valence-electron chi connectivity index (χ4n) is 2.44. The minimum absolute atomic E-state index is 0.144. The predicted octanol–water partition coefficient (Wildman–Crippen LogP) is -2.34. The highest BCUT2D eigenvalue weighted by molar-refractivity contribution is 5.96. The van der Waals surface area contributed by atoms with E-state index in [1.54, 1.807) is 13.8 Å². The molecule has 0 fully saturated rings. The predicted molar refractivity (Wildman–Crippen MR) is 107 cm³/mol. The molecule has 176 valence electrons. The molecule has 0 aliphatic carbocycles. The van der Waals surface area contributed by atoms with Crippen molar-refractivity contribution in [1.29, 1.82) is 0 Å². The maximum absolute atomic E-state index is 12.5. The van der Waals surface area contributed by atoms with Crippen LogP contribution < -0.4 is 27.4 Å². The van der Waals surface area contributed by atoms with Crippen LogP contribution in [0.3, 0.4) is 0 Å². The molecule has 9 N–H and O–H groups in total. The SMILES string of the molecule is CCC(C)C(NC(=O)C(CC(N)=O)NC(=O)C(C)NC(=O)C(N)CCC(=O)O)C(=O)O. The minimum Gasteiger partial charge on any atom is -0.481 e. The van der Waals surface area contributed by atoms with Gasteiger partial charge in [0.15, 0.2) is 0 Å². The number of carboxylic acids is 2. The van der Waals surface area contributed by atoms with Crippen molar-refractivity contribution < 1.29 is 39.0 Å². The number of carbonyl (C=O) groups excluding carboxylic acids is 4. The van der Waals surface area contributed by atoms with Crippen LogP contribution in [0.15, 0.2) is 0 Å². The van der Waals surface area contributed by atoms with Crippen LogP contribution in [-0.2, 0) is 28.8 Å². The van der Waals surface area contributed by atoms with Gasteiger partial charge >= 0.3 is 11.9 Å². The molecule has 0 aromatic carbocycles. The number of hydrogen-bond acceptors (Lipinski definition) is 7. The van der Waals surface area contributed by atoms with Gasteiger partial charge in [-0.2, -0.15) is 0 Å². The van der Waals surface area contributed by atoms with Crippen LogP contribution in [0.2, 0.25) is 0 Å². The van der Waals surface area contributed by atoms with Gasteiger partial charge < -0.3 is 37.6 Å². The zero-order chi connectivity index (χ0) is 24.3. The van der Waals surface area contributed by atoms with Gasteiger partial charge in [-0.05, 0) is 19.3 Å². The number of carbonyl (C=O) groups is 6. The molecule has 0 aliphatic heterocycles.